The first-order valence-electron chi connectivity index (χ1n) is 20.4. The number of carbonyl (C=O) groups excluding carboxylic acids is 1. The van der Waals surface area contributed by atoms with E-state index >= 15 is 0 Å². The Labute approximate surface area is 361 Å². The van der Waals surface area contributed by atoms with Crippen molar-refractivity contribution in [3.8, 4) is 11.8 Å². The number of aliphatic imine (C=N–C) groups is 1. The highest BCUT2D eigenvalue weighted by molar-refractivity contribution is 8.77. The van der Waals surface area contributed by atoms with E-state index in [1.165, 1.54) is 12.3 Å². The minimum Gasteiger partial charge on any atom is -0.477 e. The summed E-state index contributed by atoms with van der Waals surface area (Å²) in [5.41, 5.74) is 7.03. The van der Waals surface area contributed by atoms with Crippen LogP contribution < -0.4 is 16.0 Å². The fourth-order valence-electron chi connectivity index (χ4n) is 8.42. The molecule has 20 heteroatoms. The number of nitrogens with zero attached hydrogens (tertiary/aromatic N) is 1. The van der Waals surface area contributed by atoms with E-state index in [4.69, 9.17) is 29.4 Å². The van der Waals surface area contributed by atoms with Crippen LogP contribution >= 0.6 is 21.6 Å². The number of carboxylic acids is 1. The molecule has 0 amide bonds. The number of hydrogen-bond donors (Lipinski definition) is 10. The summed E-state index contributed by atoms with van der Waals surface area (Å²) in [7, 11) is 3.17. The largest absolute Gasteiger partial charge is 0.477 e. The van der Waals surface area contributed by atoms with Crippen LogP contribution in [0.15, 0.2) is 64.2 Å². The molecule has 2 fully saturated rings. The molecule has 5 heterocycles. The Morgan fingerprint density at radius 2 is 2.02 bits per heavy atom. The van der Waals surface area contributed by atoms with Crippen molar-refractivity contribution in [2.45, 2.75) is 106 Å². The molecule has 0 spiro atoms. The summed E-state index contributed by atoms with van der Waals surface area (Å²) in [5, 5.41) is 76.5. The molecule has 6 aliphatic rings. The van der Waals surface area contributed by atoms with E-state index in [1.54, 1.807) is 47.7 Å². The van der Waals surface area contributed by atoms with Gasteiger partial charge in [0.15, 0.2) is 18.4 Å². The average Bonchev–Trinajstić information content (AvgIpc) is 3.66. The standard InChI is InChI=1S/C41H56N4O14S2/c1-4-25-32-22-8-6-11-31(28(17-47)45-15-24(14-22)33(26(16-45)36(50)51)44-40(42)43-12-7-13-46)61-60-20-23-9-5-10-29(23)57-37(52)27(32)19-55-38(25)59-39-35(56-21(2)3)41(53,54)34(49)30(18-48)58-39/h4,14,16,19,21,23,25,28-32,34-35,38-39,46-49,53-54H,1,5,7,9-13,15,17-18,20H2,2-3H3,(H,50,51)(H3,42,43,44)/p+1/b22-14+/t23-,25+,28-,29+,30+,31-,32-,34+,35-,38-,39-/m0/s1. The lowest BCUT2D eigenvalue weighted by molar-refractivity contribution is -0.870. The van der Waals surface area contributed by atoms with Crippen molar-refractivity contribution in [1.82, 2.24) is 5.32 Å². The Balaban J connectivity index is 1.53. The van der Waals surface area contributed by atoms with Crippen molar-refractivity contribution >= 4 is 39.5 Å². The van der Waals surface area contributed by atoms with Gasteiger partial charge in [0.2, 0.25) is 12.1 Å². The Morgan fingerprint density at radius 1 is 1.23 bits per heavy atom. The molecule has 1 aliphatic carbocycles. The van der Waals surface area contributed by atoms with Gasteiger partial charge in [-0.15, -0.1) is 6.58 Å². The normalized spacial score (nSPS) is 36.1. The van der Waals surface area contributed by atoms with Gasteiger partial charge >= 0.3 is 11.9 Å². The second-order valence-electron chi connectivity index (χ2n) is 16.0. The summed E-state index contributed by atoms with van der Waals surface area (Å²) >= 11 is 0. The van der Waals surface area contributed by atoms with Gasteiger partial charge in [-0.25, -0.2) is 9.59 Å². The second-order valence-corrected chi connectivity index (χ2v) is 18.6. The summed E-state index contributed by atoms with van der Waals surface area (Å²) in [4.78, 5) is 32.4. The lowest BCUT2D eigenvalue weighted by atomic mass is 9.77. The quantitative estimate of drug-likeness (QED) is 0.0161. The summed E-state index contributed by atoms with van der Waals surface area (Å²) in [5.74, 6) is 0.251. The number of allylic oxidation sites excluding steroid dienone is 1. The van der Waals surface area contributed by atoms with Crippen LogP contribution in [0, 0.1) is 29.6 Å². The van der Waals surface area contributed by atoms with Gasteiger partial charge in [-0.3, -0.25) is 9.89 Å². The van der Waals surface area contributed by atoms with E-state index in [0.29, 0.717) is 34.6 Å². The topological polar surface area (TPSA) is 277 Å². The van der Waals surface area contributed by atoms with Gasteiger partial charge < -0.3 is 70.5 Å². The number of hydrogen-bond acceptors (Lipinski definition) is 16. The highest BCUT2D eigenvalue weighted by atomic mass is 33.1. The van der Waals surface area contributed by atoms with Crippen molar-refractivity contribution < 1.29 is 73.9 Å². The molecule has 0 aromatic carbocycles. The molecule has 1 saturated carbocycles. The molecule has 11 N–H and O–H groups in total. The molecular formula is C41H57N4O14S2+. The van der Waals surface area contributed by atoms with Gasteiger partial charge in [0.25, 0.3) is 0 Å². The van der Waals surface area contributed by atoms with Gasteiger partial charge in [-0.1, -0.05) is 39.5 Å². The molecule has 4 bridgehead atoms. The zero-order valence-electron chi connectivity index (χ0n) is 34.1. The molecule has 1 saturated heterocycles. The van der Waals surface area contributed by atoms with Crippen LogP contribution in [0.5, 0.6) is 0 Å². The minimum atomic E-state index is -2.95. The molecule has 6 rings (SSSR count). The van der Waals surface area contributed by atoms with Crippen LogP contribution in [0.1, 0.15) is 46.0 Å². The van der Waals surface area contributed by atoms with Crippen molar-refractivity contribution in [2.24, 2.45) is 28.5 Å². The van der Waals surface area contributed by atoms with Gasteiger partial charge in [0, 0.05) is 48.3 Å². The summed E-state index contributed by atoms with van der Waals surface area (Å²) < 4.78 is 30.4. The number of aliphatic hydroxyl groups is 6. The summed E-state index contributed by atoms with van der Waals surface area (Å²) in [6, 6.07) is -0.478. The molecule has 0 aromatic heterocycles. The molecule has 12 atom stereocenters. The van der Waals surface area contributed by atoms with Gasteiger partial charge in [0.1, 0.15) is 42.7 Å². The van der Waals surface area contributed by atoms with Crippen LogP contribution in [0.25, 0.3) is 0 Å². The minimum absolute atomic E-state index is 0.0448. The maximum Gasteiger partial charge on any atom is 0.343 e. The first-order valence-corrected chi connectivity index (χ1v) is 22.8. The molecule has 0 radical (unpaired) electrons. The number of esters is 1. The first kappa shape index (κ1) is 47.1. The predicted octanol–water partition coefficient (Wildman–Crippen LogP) is -1.21. The third-order valence-electron chi connectivity index (χ3n) is 11.5. The van der Waals surface area contributed by atoms with E-state index in [1.807, 2.05) is 0 Å². The number of nitrogens with one attached hydrogen (secondary N) is 2. The molecule has 0 aromatic rings. The van der Waals surface area contributed by atoms with E-state index in [-0.39, 0.29) is 66.7 Å². The number of nitrogens with two attached hydrogens (primary N) is 1. The maximum absolute atomic E-state index is 14.5. The van der Waals surface area contributed by atoms with Crippen LogP contribution in [-0.2, 0) is 33.3 Å². The molecular weight excluding hydrogens is 837 g/mol. The average molecular weight is 894 g/mol. The Bertz CT molecular complexity index is 1860. The highest BCUT2D eigenvalue weighted by Gasteiger charge is 2.58. The van der Waals surface area contributed by atoms with E-state index < -0.39 is 85.3 Å². The van der Waals surface area contributed by atoms with Crippen molar-refractivity contribution in [3.05, 3.63) is 59.2 Å². The summed E-state index contributed by atoms with van der Waals surface area (Å²) in [6.07, 6.45) is -0.351. The first-order chi connectivity index (χ1) is 29.2. The number of fused-ring (bicyclic) bond motifs is 8. The highest BCUT2D eigenvalue weighted by Crippen LogP contribution is 2.43. The third-order valence-corrected chi connectivity index (χ3v) is 14.5. The van der Waals surface area contributed by atoms with Gasteiger partial charge in [-0.05, 0) is 45.6 Å². The van der Waals surface area contributed by atoms with E-state index in [0.717, 1.165) is 12.8 Å². The fourth-order valence-corrected chi connectivity index (χ4v) is 11.7. The molecule has 18 nitrogen and oxygen atoms in total. The van der Waals surface area contributed by atoms with Crippen LogP contribution in [0.4, 0.5) is 0 Å². The Kier molecular flexibility index (Phi) is 16.1. The van der Waals surface area contributed by atoms with Gasteiger partial charge in [-0.2, -0.15) is 0 Å². The molecule has 5 aliphatic heterocycles. The zero-order valence-corrected chi connectivity index (χ0v) is 35.7. The van der Waals surface area contributed by atoms with Crippen molar-refractivity contribution in [1.29, 1.82) is 0 Å². The van der Waals surface area contributed by atoms with E-state index in [2.05, 4.69) is 28.7 Å². The SMILES string of the molecule is C=C[C@H]1[C@H](O[C@@H]2O[C@H](CO)[C@@H](O)C(O)(O)[C@H]2OC(C)C)OC=C2C(=O)O[C@@H]3CCC[C@H]3CSS[C@H]3CC#C/C(=C\C4=C(NC(N)=NCCCO)C(C(=O)O)=C[NH+](C4)[C@H]3CO)[C@H]21. The number of rotatable bonds is 12. The van der Waals surface area contributed by atoms with Crippen molar-refractivity contribution in [3.63, 3.8) is 0 Å². The number of aliphatic carboxylic acids is 1. The van der Waals surface area contributed by atoms with Crippen LogP contribution in [-0.4, -0.2) is 152 Å². The number of carbonyl (C=O) groups is 2. The molecule has 336 valence electrons. The van der Waals surface area contributed by atoms with Gasteiger partial charge in [0.05, 0.1) is 48.0 Å². The van der Waals surface area contributed by atoms with Crippen LogP contribution in [0.2, 0.25) is 0 Å². The number of aliphatic hydroxyl groups excluding tert-OH is 4. The lowest BCUT2D eigenvalue weighted by Gasteiger charge is -2.48. The monoisotopic (exact) mass is 893 g/mol. The fraction of sp³-hybridized carbons (Fsp3) is 0.634. The number of quaternary nitrogens is 1. The number of ether oxygens (including phenoxy) is 5. The van der Waals surface area contributed by atoms with Crippen LogP contribution in [0.3, 0.4) is 0 Å². The second kappa shape index (κ2) is 20.8. The molecule has 1 unspecified atom stereocenters. The summed E-state index contributed by atoms with van der Waals surface area (Å²) in [6.45, 7) is 6.45. The third kappa shape index (κ3) is 10.5. The Morgan fingerprint density at radius 3 is 2.70 bits per heavy atom. The smallest absolute Gasteiger partial charge is 0.343 e. The molecule has 61 heavy (non-hydrogen) atoms. The van der Waals surface area contributed by atoms with E-state index in [9.17, 15) is 45.3 Å². The number of guanidine groups is 1. The zero-order chi connectivity index (χ0) is 44.0. The predicted molar refractivity (Wildman–Crippen MR) is 222 cm³/mol. The maximum atomic E-state index is 14.5. The Hall–Kier alpha value is -3.43. The number of carboxylic acid groups (broad SMARTS) is 1. The lowest BCUT2D eigenvalue weighted by Crippen LogP contribution is -3.14. The van der Waals surface area contributed by atoms with Crippen molar-refractivity contribution in [2.75, 3.05) is 38.7 Å².